The fraction of sp³-hybridized carbons (Fsp3) is 0.333. The molecule has 0 heterocycles. The summed E-state index contributed by atoms with van der Waals surface area (Å²) in [6, 6.07) is 4.07. The molecule has 0 aromatic heterocycles. The van der Waals surface area contributed by atoms with Crippen molar-refractivity contribution >= 4 is 23.5 Å². The summed E-state index contributed by atoms with van der Waals surface area (Å²) in [5.41, 5.74) is 0.503. The Kier molecular flexibility index (Phi) is 4.99. The summed E-state index contributed by atoms with van der Waals surface area (Å²) in [6.45, 7) is -1.05. The molecule has 0 bridgehead atoms. The van der Waals surface area contributed by atoms with Crippen LogP contribution < -0.4 is 0 Å². The van der Waals surface area contributed by atoms with E-state index in [1.54, 1.807) is 6.92 Å². The van der Waals surface area contributed by atoms with Crippen molar-refractivity contribution in [3.8, 4) is 0 Å². The van der Waals surface area contributed by atoms with Crippen LogP contribution in [0.3, 0.4) is 0 Å². The van der Waals surface area contributed by atoms with E-state index in [-0.39, 0.29) is 15.5 Å². The molecule has 1 N–H and O–H groups in total. The van der Waals surface area contributed by atoms with Gasteiger partial charge in [-0.1, -0.05) is 11.6 Å². The van der Waals surface area contributed by atoms with Crippen molar-refractivity contribution in [3.63, 3.8) is 0 Å². The van der Waals surface area contributed by atoms with Gasteiger partial charge in [0, 0.05) is 10.6 Å². The molecule has 0 saturated heterocycles. The Morgan fingerprint density at radius 1 is 1.30 bits per heavy atom. The van der Waals surface area contributed by atoms with E-state index in [0.717, 1.165) is 0 Å². The van der Waals surface area contributed by atoms with E-state index in [9.17, 15) is 22.8 Å². The van der Waals surface area contributed by atoms with Gasteiger partial charge in [-0.15, -0.1) is 0 Å². The van der Waals surface area contributed by atoms with Crippen molar-refractivity contribution in [2.24, 2.45) is 0 Å². The van der Waals surface area contributed by atoms with Gasteiger partial charge in [0.2, 0.25) is 0 Å². The maximum atomic E-state index is 12.4. The second-order valence-electron chi connectivity index (χ2n) is 4.19. The molecule has 0 radical (unpaired) electrons. The van der Waals surface area contributed by atoms with Crippen LogP contribution in [0.25, 0.3) is 0 Å². The SMILES string of the molecule is Cc1cc(Cl)cc(C(=O)N(CC(=O)O)CC(F)(F)F)c1. The molecular weight excluding hydrogens is 299 g/mol. The van der Waals surface area contributed by atoms with Crippen LogP contribution in [0.4, 0.5) is 13.2 Å². The lowest BCUT2D eigenvalue weighted by Crippen LogP contribution is -2.42. The van der Waals surface area contributed by atoms with Gasteiger partial charge in [-0.3, -0.25) is 9.59 Å². The molecule has 110 valence electrons. The number of halogens is 4. The van der Waals surface area contributed by atoms with Crippen LogP contribution in [0.1, 0.15) is 15.9 Å². The number of amides is 1. The predicted molar refractivity (Wildman–Crippen MR) is 65.8 cm³/mol. The number of alkyl halides is 3. The maximum absolute atomic E-state index is 12.4. The number of carbonyl (C=O) groups excluding carboxylic acids is 1. The first kappa shape index (κ1) is 16.3. The lowest BCUT2D eigenvalue weighted by Gasteiger charge is -2.22. The number of hydrogen-bond acceptors (Lipinski definition) is 2. The predicted octanol–water partition coefficient (Wildman–Crippen LogP) is 2.74. The zero-order valence-electron chi connectivity index (χ0n) is 10.4. The Hall–Kier alpha value is -1.76. The Morgan fingerprint density at radius 3 is 2.35 bits per heavy atom. The third-order valence-corrected chi connectivity index (χ3v) is 2.49. The molecule has 8 heteroatoms. The van der Waals surface area contributed by atoms with E-state index in [4.69, 9.17) is 16.7 Å². The van der Waals surface area contributed by atoms with Crippen LogP contribution in [-0.2, 0) is 4.79 Å². The number of rotatable bonds is 4. The first-order valence-electron chi connectivity index (χ1n) is 5.43. The number of carbonyl (C=O) groups is 2. The monoisotopic (exact) mass is 309 g/mol. The highest BCUT2D eigenvalue weighted by Crippen LogP contribution is 2.20. The van der Waals surface area contributed by atoms with Gasteiger partial charge >= 0.3 is 12.1 Å². The standard InChI is InChI=1S/C12H11ClF3NO3/c1-7-2-8(4-9(13)3-7)11(20)17(5-10(18)19)6-12(14,15)16/h2-4H,5-6H2,1H3,(H,18,19). The smallest absolute Gasteiger partial charge is 0.406 e. The van der Waals surface area contributed by atoms with Crippen LogP contribution >= 0.6 is 11.6 Å². The molecule has 0 unspecified atom stereocenters. The minimum absolute atomic E-state index is 0.0829. The molecule has 0 spiro atoms. The van der Waals surface area contributed by atoms with Crippen LogP contribution in [0, 0.1) is 6.92 Å². The van der Waals surface area contributed by atoms with Crippen molar-refractivity contribution in [1.82, 2.24) is 4.90 Å². The normalized spacial score (nSPS) is 11.2. The number of carboxylic acid groups (broad SMARTS) is 1. The molecule has 1 aromatic rings. The third-order valence-electron chi connectivity index (χ3n) is 2.27. The van der Waals surface area contributed by atoms with Gasteiger partial charge in [0.1, 0.15) is 13.1 Å². The van der Waals surface area contributed by atoms with E-state index < -0.39 is 31.1 Å². The second kappa shape index (κ2) is 6.13. The molecule has 20 heavy (non-hydrogen) atoms. The average Bonchev–Trinajstić information content (AvgIpc) is 2.23. The summed E-state index contributed by atoms with van der Waals surface area (Å²) >= 11 is 5.73. The fourth-order valence-electron chi connectivity index (χ4n) is 1.62. The Bertz CT molecular complexity index is 511. The summed E-state index contributed by atoms with van der Waals surface area (Å²) in [5, 5.41) is 8.79. The van der Waals surface area contributed by atoms with E-state index in [0.29, 0.717) is 5.56 Å². The van der Waals surface area contributed by atoms with Crippen molar-refractivity contribution in [3.05, 3.63) is 34.3 Å². The molecule has 1 aromatic carbocycles. The van der Waals surface area contributed by atoms with E-state index in [2.05, 4.69) is 0 Å². The number of benzene rings is 1. The number of hydrogen-bond donors (Lipinski definition) is 1. The van der Waals surface area contributed by atoms with Gasteiger partial charge in [0.25, 0.3) is 5.91 Å². The van der Waals surface area contributed by atoms with Gasteiger partial charge in [-0.2, -0.15) is 13.2 Å². The molecule has 0 atom stereocenters. The first-order chi connectivity index (χ1) is 9.08. The van der Waals surface area contributed by atoms with Crippen molar-refractivity contribution in [1.29, 1.82) is 0 Å². The Morgan fingerprint density at radius 2 is 1.90 bits per heavy atom. The maximum Gasteiger partial charge on any atom is 0.406 e. The molecule has 1 amide bonds. The zero-order valence-corrected chi connectivity index (χ0v) is 11.1. The lowest BCUT2D eigenvalue weighted by molar-refractivity contribution is -0.149. The molecule has 4 nitrogen and oxygen atoms in total. The first-order valence-corrected chi connectivity index (χ1v) is 5.81. The third kappa shape index (κ3) is 5.08. The number of aryl methyl sites for hydroxylation is 1. The summed E-state index contributed by atoms with van der Waals surface area (Å²) in [5.74, 6) is -2.56. The average molecular weight is 310 g/mol. The zero-order chi connectivity index (χ0) is 15.5. The number of carboxylic acids is 1. The topological polar surface area (TPSA) is 57.6 Å². The Balaban J connectivity index is 3.06. The molecule has 0 fully saturated rings. The second-order valence-corrected chi connectivity index (χ2v) is 4.62. The quantitative estimate of drug-likeness (QED) is 0.930. The van der Waals surface area contributed by atoms with Crippen molar-refractivity contribution < 1.29 is 27.9 Å². The van der Waals surface area contributed by atoms with Crippen LogP contribution in [0.15, 0.2) is 18.2 Å². The van der Waals surface area contributed by atoms with Crippen molar-refractivity contribution in [2.75, 3.05) is 13.1 Å². The summed E-state index contributed by atoms with van der Waals surface area (Å²) < 4.78 is 37.1. The van der Waals surface area contributed by atoms with Gasteiger partial charge in [0.15, 0.2) is 0 Å². The van der Waals surface area contributed by atoms with E-state index in [1.807, 2.05) is 0 Å². The van der Waals surface area contributed by atoms with Gasteiger partial charge in [0.05, 0.1) is 0 Å². The van der Waals surface area contributed by atoms with Gasteiger partial charge in [-0.05, 0) is 30.7 Å². The minimum atomic E-state index is -4.68. The number of nitrogens with zero attached hydrogens (tertiary/aromatic N) is 1. The highest BCUT2D eigenvalue weighted by molar-refractivity contribution is 6.31. The summed E-state index contributed by atoms with van der Waals surface area (Å²) in [4.78, 5) is 22.8. The van der Waals surface area contributed by atoms with Gasteiger partial charge < -0.3 is 10.0 Å². The minimum Gasteiger partial charge on any atom is -0.480 e. The molecule has 0 aliphatic heterocycles. The van der Waals surface area contributed by atoms with Crippen LogP contribution in [-0.4, -0.2) is 41.1 Å². The van der Waals surface area contributed by atoms with Crippen LogP contribution in [0.5, 0.6) is 0 Å². The van der Waals surface area contributed by atoms with Gasteiger partial charge in [-0.25, -0.2) is 0 Å². The Labute approximate surface area is 117 Å². The van der Waals surface area contributed by atoms with Crippen LogP contribution in [0.2, 0.25) is 5.02 Å². The highest BCUT2D eigenvalue weighted by Gasteiger charge is 2.34. The molecular formula is C12H11ClF3NO3. The fourth-order valence-corrected chi connectivity index (χ4v) is 1.91. The largest absolute Gasteiger partial charge is 0.480 e. The molecule has 1 rings (SSSR count). The molecule has 0 aliphatic carbocycles. The molecule has 0 saturated carbocycles. The lowest BCUT2D eigenvalue weighted by atomic mass is 10.1. The number of aliphatic carboxylic acids is 1. The van der Waals surface area contributed by atoms with E-state index in [1.165, 1.54) is 18.2 Å². The van der Waals surface area contributed by atoms with E-state index >= 15 is 0 Å². The summed E-state index contributed by atoms with van der Waals surface area (Å²) in [7, 11) is 0. The van der Waals surface area contributed by atoms with Crippen molar-refractivity contribution in [2.45, 2.75) is 13.1 Å². The molecule has 0 aliphatic rings. The highest BCUT2D eigenvalue weighted by atomic mass is 35.5. The summed E-state index contributed by atoms with van der Waals surface area (Å²) in [6.07, 6.45) is -4.68.